The van der Waals surface area contributed by atoms with Crippen LogP contribution >= 0.6 is 11.3 Å². The molecular weight excluding hydrogens is 210 g/mol. The first-order valence-corrected chi connectivity index (χ1v) is 6.00. The molecule has 0 spiro atoms. The van der Waals surface area contributed by atoms with Crippen LogP contribution in [0.4, 0.5) is 0 Å². The van der Waals surface area contributed by atoms with Gasteiger partial charge in [0.1, 0.15) is 0 Å². The van der Waals surface area contributed by atoms with Crippen molar-refractivity contribution in [2.45, 2.75) is 32.4 Å². The molecule has 15 heavy (non-hydrogen) atoms. The average Bonchev–Trinajstić information content (AvgIpc) is 2.59. The minimum Gasteiger partial charge on any atom is -0.335 e. The molecule has 1 aliphatic rings. The van der Waals surface area contributed by atoms with Crippen LogP contribution in [0.5, 0.6) is 0 Å². The third kappa shape index (κ3) is 2.35. The summed E-state index contributed by atoms with van der Waals surface area (Å²) in [5.74, 6) is 0.0619. The number of aromatic nitrogens is 1. The number of hydrogen-bond acceptors (Lipinski definition) is 4. The van der Waals surface area contributed by atoms with Gasteiger partial charge in [0.05, 0.1) is 23.3 Å². The van der Waals surface area contributed by atoms with Gasteiger partial charge in [-0.15, -0.1) is 11.3 Å². The highest BCUT2D eigenvalue weighted by atomic mass is 32.1. The first-order chi connectivity index (χ1) is 7.16. The Labute approximate surface area is 93.1 Å². The minimum atomic E-state index is -0.307. The largest absolute Gasteiger partial charge is 0.335 e. The van der Waals surface area contributed by atoms with E-state index < -0.39 is 0 Å². The van der Waals surface area contributed by atoms with E-state index in [1.165, 1.54) is 0 Å². The average molecular weight is 225 g/mol. The van der Waals surface area contributed by atoms with E-state index in [9.17, 15) is 4.79 Å². The van der Waals surface area contributed by atoms with Crippen molar-refractivity contribution in [3.63, 3.8) is 0 Å². The molecular formula is C10H15N3OS. The summed E-state index contributed by atoms with van der Waals surface area (Å²) >= 11 is 1.61. The van der Waals surface area contributed by atoms with Gasteiger partial charge in [-0.05, 0) is 19.8 Å². The summed E-state index contributed by atoms with van der Waals surface area (Å²) in [4.78, 5) is 17.9. The second-order valence-corrected chi connectivity index (χ2v) is 4.93. The van der Waals surface area contributed by atoms with Gasteiger partial charge >= 0.3 is 0 Å². The van der Waals surface area contributed by atoms with E-state index >= 15 is 0 Å². The number of nitrogens with zero attached hydrogens (tertiary/aromatic N) is 2. The maximum atomic E-state index is 11.7. The fraction of sp³-hybridized carbons (Fsp3) is 0.600. The van der Waals surface area contributed by atoms with Crippen molar-refractivity contribution >= 4 is 17.2 Å². The molecule has 1 amide bonds. The normalized spacial score (nSPS) is 22.1. The Balaban J connectivity index is 2.02. The minimum absolute atomic E-state index is 0.0619. The number of hydrogen-bond donors (Lipinski definition) is 1. The lowest BCUT2D eigenvalue weighted by Crippen LogP contribution is -2.47. The smallest absolute Gasteiger partial charge is 0.239 e. The van der Waals surface area contributed by atoms with Gasteiger partial charge in [0.15, 0.2) is 0 Å². The molecule has 2 rings (SSSR count). The summed E-state index contributed by atoms with van der Waals surface area (Å²) in [5.41, 5.74) is 6.69. The molecule has 1 aromatic heterocycles. The molecule has 4 nitrogen and oxygen atoms in total. The summed E-state index contributed by atoms with van der Waals surface area (Å²) in [5, 5.41) is 3.04. The van der Waals surface area contributed by atoms with E-state index in [0.717, 1.165) is 30.1 Å². The summed E-state index contributed by atoms with van der Waals surface area (Å²) in [6, 6.07) is -0.307. The standard InChI is InChI=1S/C10H15N3OS/c1-7-12-8(6-15-7)5-13-4-2-3-9(11)10(13)14/h6,9H,2-5,11H2,1H3. The predicted molar refractivity (Wildman–Crippen MR) is 59.5 cm³/mol. The number of rotatable bonds is 2. The third-order valence-electron chi connectivity index (χ3n) is 2.59. The molecule has 0 bridgehead atoms. The summed E-state index contributed by atoms with van der Waals surface area (Å²) in [7, 11) is 0. The zero-order chi connectivity index (χ0) is 10.8. The number of nitrogens with two attached hydrogens (primary N) is 1. The van der Waals surface area contributed by atoms with Gasteiger partial charge in [0.2, 0.25) is 5.91 Å². The fourth-order valence-corrected chi connectivity index (χ4v) is 2.41. The van der Waals surface area contributed by atoms with E-state index in [1.807, 2.05) is 17.2 Å². The molecule has 0 saturated carbocycles. The molecule has 1 atom stereocenters. The van der Waals surface area contributed by atoms with Crippen LogP contribution in [0.3, 0.4) is 0 Å². The van der Waals surface area contributed by atoms with Gasteiger partial charge in [0.25, 0.3) is 0 Å². The third-order valence-corrected chi connectivity index (χ3v) is 3.41. The Kier molecular flexibility index (Phi) is 3.02. The van der Waals surface area contributed by atoms with Crippen molar-refractivity contribution in [2.75, 3.05) is 6.54 Å². The molecule has 0 radical (unpaired) electrons. The number of aryl methyl sites for hydroxylation is 1. The summed E-state index contributed by atoms with van der Waals surface area (Å²) < 4.78 is 0. The van der Waals surface area contributed by atoms with Crippen molar-refractivity contribution in [3.05, 3.63) is 16.1 Å². The highest BCUT2D eigenvalue weighted by Crippen LogP contribution is 2.15. The first kappa shape index (κ1) is 10.6. The second kappa shape index (κ2) is 4.28. The number of amides is 1. The Morgan fingerprint density at radius 2 is 2.53 bits per heavy atom. The highest BCUT2D eigenvalue weighted by molar-refractivity contribution is 7.09. The molecule has 1 unspecified atom stereocenters. The van der Waals surface area contributed by atoms with Crippen LogP contribution in [0.25, 0.3) is 0 Å². The van der Waals surface area contributed by atoms with Crippen LogP contribution in [0.15, 0.2) is 5.38 Å². The topological polar surface area (TPSA) is 59.2 Å². The van der Waals surface area contributed by atoms with Crippen molar-refractivity contribution in [1.82, 2.24) is 9.88 Å². The van der Waals surface area contributed by atoms with Crippen molar-refractivity contribution < 1.29 is 4.79 Å². The van der Waals surface area contributed by atoms with Gasteiger partial charge in [-0.1, -0.05) is 0 Å². The predicted octanol–water partition coefficient (Wildman–Crippen LogP) is 0.901. The lowest BCUT2D eigenvalue weighted by molar-refractivity contribution is -0.135. The van der Waals surface area contributed by atoms with Gasteiger partial charge < -0.3 is 10.6 Å². The SMILES string of the molecule is Cc1nc(CN2CCCC(N)C2=O)cs1. The number of likely N-dealkylation sites (tertiary alicyclic amines) is 1. The Morgan fingerprint density at radius 1 is 1.73 bits per heavy atom. The molecule has 2 N–H and O–H groups in total. The zero-order valence-corrected chi connectivity index (χ0v) is 9.59. The number of piperidine rings is 1. The van der Waals surface area contributed by atoms with Gasteiger partial charge in [-0.2, -0.15) is 0 Å². The van der Waals surface area contributed by atoms with Crippen LogP contribution in [0, 0.1) is 6.92 Å². The van der Waals surface area contributed by atoms with Crippen molar-refractivity contribution in [2.24, 2.45) is 5.73 Å². The van der Waals surface area contributed by atoms with Crippen LogP contribution in [-0.4, -0.2) is 28.4 Å². The Morgan fingerprint density at radius 3 is 3.20 bits per heavy atom. The first-order valence-electron chi connectivity index (χ1n) is 5.12. The van der Waals surface area contributed by atoms with Crippen LogP contribution in [-0.2, 0) is 11.3 Å². The molecule has 1 aliphatic heterocycles. The summed E-state index contributed by atoms with van der Waals surface area (Å²) in [6.07, 6.45) is 1.81. The molecule has 0 aromatic carbocycles. The van der Waals surface area contributed by atoms with E-state index in [-0.39, 0.29) is 11.9 Å². The van der Waals surface area contributed by atoms with E-state index in [4.69, 9.17) is 5.73 Å². The lowest BCUT2D eigenvalue weighted by atomic mass is 10.1. The van der Waals surface area contributed by atoms with Gasteiger partial charge in [-0.3, -0.25) is 4.79 Å². The fourth-order valence-electron chi connectivity index (χ4n) is 1.80. The molecule has 82 valence electrons. The van der Waals surface area contributed by atoms with E-state index in [0.29, 0.717) is 6.54 Å². The Hall–Kier alpha value is -0.940. The monoisotopic (exact) mass is 225 g/mol. The highest BCUT2D eigenvalue weighted by Gasteiger charge is 2.25. The van der Waals surface area contributed by atoms with Crippen LogP contribution < -0.4 is 5.73 Å². The quantitative estimate of drug-likeness (QED) is 0.813. The molecule has 5 heteroatoms. The number of carbonyl (C=O) groups is 1. The maximum absolute atomic E-state index is 11.7. The maximum Gasteiger partial charge on any atom is 0.239 e. The molecule has 1 aromatic rings. The Bertz CT molecular complexity index is 363. The van der Waals surface area contributed by atoms with Crippen LogP contribution in [0.2, 0.25) is 0 Å². The number of carbonyl (C=O) groups excluding carboxylic acids is 1. The molecule has 1 fully saturated rings. The van der Waals surface area contributed by atoms with Crippen molar-refractivity contribution in [1.29, 1.82) is 0 Å². The molecule has 0 aliphatic carbocycles. The zero-order valence-electron chi connectivity index (χ0n) is 8.77. The second-order valence-electron chi connectivity index (χ2n) is 3.87. The van der Waals surface area contributed by atoms with E-state index in [1.54, 1.807) is 11.3 Å². The van der Waals surface area contributed by atoms with E-state index in [2.05, 4.69) is 4.98 Å². The van der Waals surface area contributed by atoms with Crippen molar-refractivity contribution in [3.8, 4) is 0 Å². The molecule has 1 saturated heterocycles. The molecule has 2 heterocycles. The van der Waals surface area contributed by atoms with Crippen LogP contribution in [0.1, 0.15) is 23.5 Å². The summed E-state index contributed by atoms with van der Waals surface area (Å²) in [6.45, 7) is 3.39. The lowest BCUT2D eigenvalue weighted by Gasteiger charge is -2.29. The van der Waals surface area contributed by atoms with Gasteiger partial charge in [0, 0.05) is 11.9 Å². The van der Waals surface area contributed by atoms with Gasteiger partial charge in [-0.25, -0.2) is 4.98 Å². The number of thiazole rings is 1.